The number of carbonyl (C=O) groups excluding carboxylic acids is 1. The Kier molecular flexibility index (Phi) is 12.7. The maximum absolute atomic E-state index is 11.4. The second-order valence-corrected chi connectivity index (χ2v) is 5.17. The molecule has 0 aromatic heterocycles. The van der Waals surface area contributed by atoms with Gasteiger partial charge in [-0.2, -0.15) is 0 Å². The van der Waals surface area contributed by atoms with E-state index in [9.17, 15) is 10.0 Å². The van der Waals surface area contributed by atoms with Gasteiger partial charge in [0, 0.05) is 0 Å². The molecule has 0 saturated heterocycles. The molecule has 0 aromatic rings. The van der Waals surface area contributed by atoms with Crippen molar-refractivity contribution in [2.75, 3.05) is 6.54 Å². The lowest BCUT2D eigenvalue weighted by molar-refractivity contribution is -0.765. The molecule has 3 heteroatoms. The highest BCUT2D eigenvalue weighted by molar-refractivity contribution is 5.66. The smallest absolute Gasteiger partial charge is 0.312 e. The molecular weight excluding hydrogens is 226 g/mol. The first kappa shape index (κ1) is 17.6. The number of carbonyl (C=O) groups is 1. The van der Waals surface area contributed by atoms with E-state index >= 15 is 0 Å². The predicted octanol–water partition coefficient (Wildman–Crippen LogP) is 3.23. The molecule has 0 aromatic carbocycles. The molecule has 0 fully saturated rings. The summed E-state index contributed by atoms with van der Waals surface area (Å²) in [6.45, 7) is 4.59. The van der Waals surface area contributed by atoms with Crippen molar-refractivity contribution in [2.45, 2.75) is 84.5 Å². The third-order valence-corrected chi connectivity index (χ3v) is 3.30. The van der Waals surface area contributed by atoms with E-state index in [1.165, 1.54) is 44.9 Å². The zero-order chi connectivity index (χ0) is 13.6. The third-order valence-electron chi connectivity index (χ3n) is 3.30. The topological polar surface area (TPSA) is 44.6 Å². The van der Waals surface area contributed by atoms with Crippen molar-refractivity contribution in [2.24, 2.45) is 0 Å². The first-order valence-corrected chi connectivity index (χ1v) is 7.78. The van der Waals surface area contributed by atoms with Crippen LogP contribution in [-0.2, 0) is 4.79 Å². The number of quaternary nitrogens is 1. The van der Waals surface area contributed by atoms with Crippen molar-refractivity contribution in [1.82, 2.24) is 0 Å². The summed E-state index contributed by atoms with van der Waals surface area (Å²) in [5, 5.41) is 11.1. The third kappa shape index (κ3) is 10.7. The van der Waals surface area contributed by atoms with Crippen molar-refractivity contribution in [3.05, 3.63) is 5.21 Å². The molecule has 1 amide bonds. The zero-order valence-corrected chi connectivity index (χ0v) is 12.3. The van der Waals surface area contributed by atoms with Gasteiger partial charge >= 0.3 is 5.91 Å². The predicted molar refractivity (Wildman–Crippen MR) is 76.3 cm³/mol. The Labute approximate surface area is 113 Å². The highest BCUT2D eigenvalue weighted by atomic mass is 16.5. The molecule has 0 spiro atoms. The van der Waals surface area contributed by atoms with Crippen LogP contribution in [-0.4, -0.2) is 12.5 Å². The van der Waals surface area contributed by atoms with Crippen LogP contribution in [0.15, 0.2) is 0 Å². The fraction of sp³-hybridized carbons (Fsp3) is 0.933. The second kappa shape index (κ2) is 13.0. The average molecular weight is 257 g/mol. The van der Waals surface area contributed by atoms with Gasteiger partial charge in [0.15, 0.2) is 0 Å². The number of hydrogen-bond acceptors (Lipinski definition) is 2. The zero-order valence-electron chi connectivity index (χ0n) is 12.3. The van der Waals surface area contributed by atoms with Gasteiger partial charge in [-0.1, -0.05) is 65.2 Å². The summed E-state index contributed by atoms with van der Waals surface area (Å²) in [7, 11) is 0. The quantitative estimate of drug-likeness (QED) is 0.431. The number of rotatable bonds is 12. The van der Waals surface area contributed by atoms with Crippen LogP contribution >= 0.6 is 0 Å². The number of hydroxylamine groups is 2. The minimum absolute atomic E-state index is 0.153. The van der Waals surface area contributed by atoms with E-state index in [0.29, 0.717) is 13.0 Å². The molecule has 0 rings (SSSR count). The van der Waals surface area contributed by atoms with Crippen molar-refractivity contribution >= 4 is 5.91 Å². The maximum Gasteiger partial charge on any atom is 0.312 e. The van der Waals surface area contributed by atoms with E-state index in [1.54, 1.807) is 0 Å². The van der Waals surface area contributed by atoms with Crippen LogP contribution in [0.1, 0.15) is 84.5 Å². The van der Waals surface area contributed by atoms with Crippen LogP contribution in [0.5, 0.6) is 0 Å². The molecule has 1 unspecified atom stereocenters. The van der Waals surface area contributed by atoms with E-state index in [4.69, 9.17) is 0 Å². The molecule has 18 heavy (non-hydrogen) atoms. The Bertz CT molecular complexity index is 195. The lowest BCUT2D eigenvalue weighted by Gasteiger charge is -2.18. The standard InChI is InChI=1S/C15H31NO2/c1-3-5-6-7-8-9-10-11-12-13-15(17)16(18)14-4-2/h16H,3-14H2,1-2H3. The van der Waals surface area contributed by atoms with Crippen molar-refractivity contribution in [3.8, 4) is 0 Å². The minimum Gasteiger partial charge on any atom is -0.627 e. The fourth-order valence-corrected chi connectivity index (χ4v) is 2.10. The largest absolute Gasteiger partial charge is 0.627 e. The van der Waals surface area contributed by atoms with E-state index in [1.807, 2.05) is 6.92 Å². The molecule has 0 bridgehead atoms. The van der Waals surface area contributed by atoms with Crippen LogP contribution in [0, 0.1) is 5.21 Å². The summed E-state index contributed by atoms with van der Waals surface area (Å²) in [4.78, 5) is 11.4. The Morgan fingerprint density at radius 1 is 0.833 bits per heavy atom. The van der Waals surface area contributed by atoms with Gasteiger partial charge in [-0.15, -0.1) is 0 Å². The lowest BCUT2D eigenvalue weighted by atomic mass is 10.1. The summed E-state index contributed by atoms with van der Waals surface area (Å²) >= 11 is 0. The van der Waals surface area contributed by atoms with Crippen molar-refractivity contribution in [1.29, 1.82) is 0 Å². The number of amides is 1. The van der Waals surface area contributed by atoms with Gasteiger partial charge in [-0.25, -0.2) is 4.79 Å². The highest BCUT2D eigenvalue weighted by Crippen LogP contribution is 2.10. The van der Waals surface area contributed by atoms with E-state index < -0.39 is 0 Å². The molecule has 3 nitrogen and oxygen atoms in total. The molecule has 0 heterocycles. The van der Waals surface area contributed by atoms with Gasteiger partial charge in [-0.05, 0) is 12.8 Å². The first-order chi connectivity index (χ1) is 8.72. The normalized spacial score (nSPS) is 12.6. The number of hydrogen-bond donors (Lipinski definition) is 1. The molecular formula is C15H31NO2. The van der Waals surface area contributed by atoms with E-state index in [0.717, 1.165) is 19.3 Å². The summed E-state index contributed by atoms with van der Waals surface area (Å²) < 4.78 is 0. The van der Waals surface area contributed by atoms with Gasteiger partial charge in [-0.3, -0.25) is 0 Å². The molecule has 0 aliphatic carbocycles. The molecule has 108 valence electrons. The summed E-state index contributed by atoms with van der Waals surface area (Å²) in [5.74, 6) is -0.153. The first-order valence-electron chi connectivity index (χ1n) is 7.78. The highest BCUT2D eigenvalue weighted by Gasteiger charge is 2.08. The molecule has 1 atom stereocenters. The van der Waals surface area contributed by atoms with Crippen LogP contribution in [0.3, 0.4) is 0 Å². The van der Waals surface area contributed by atoms with Gasteiger partial charge < -0.3 is 10.3 Å². The summed E-state index contributed by atoms with van der Waals surface area (Å²) in [6.07, 6.45) is 12.4. The van der Waals surface area contributed by atoms with Crippen molar-refractivity contribution in [3.63, 3.8) is 0 Å². The van der Waals surface area contributed by atoms with E-state index in [-0.39, 0.29) is 11.0 Å². The van der Waals surface area contributed by atoms with Gasteiger partial charge in [0.05, 0.1) is 13.0 Å². The number of unbranched alkanes of at least 4 members (excludes halogenated alkanes) is 8. The van der Waals surface area contributed by atoms with Gasteiger partial charge in [0.25, 0.3) is 0 Å². The molecule has 1 N–H and O–H groups in total. The summed E-state index contributed by atoms with van der Waals surface area (Å²) in [5.41, 5.74) is 0. The van der Waals surface area contributed by atoms with E-state index in [2.05, 4.69) is 6.92 Å². The van der Waals surface area contributed by atoms with Crippen molar-refractivity contribution < 1.29 is 9.86 Å². The van der Waals surface area contributed by atoms with Crippen LogP contribution in [0.4, 0.5) is 0 Å². The number of nitrogens with one attached hydrogen (secondary N) is 1. The van der Waals surface area contributed by atoms with Crippen LogP contribution < -0.4 is 5.06 Å². The molecule has 0 saturated carbocycles. The Hall–Kier alpha value is -0.410. The van der Waals surface area contributed by atoms with Gasteiger partial charge in [0.2, 0.25) is 0 Å². The SMILES string of the molecule is CCCCCCCCCCCC(=O)[NH+]([O-])CCC. The summed E-state index contributed by atoms with van der Waals surface area (Å²) in [6, 6.07) is 0. The maximum atomic E-state index is 11.4. The molecule has 0 aliphatic heterocycles. The minimum atomic E-state index is -0.169. The Morgan fingerprint density at radius 3 is 1.83 bits per heavy atom. The lowest BCUT2D eigenvalue weighted by Crippen LogP contribution is -3.10. The fourth-order valence-electron chi connectivity index (χ4n) is 2.10. The second-order valence-electron chi connectivity index (χ2n) is 5.17. The van der Waals surface area contributed by atoms with Crippen LogP contribution in [0.2, 0.25) is 0 Å². The van der Waals surface area contributed by atoms with Gasteiger partial charge in [0.1, 0.15) is 0 Å². The molecule has 0 aliphatic rings. The Morgan fingerprint density at radius 2 is 1.33 bits per heavy atom. The Balaban J connectivity index is 3.22. The average Bonchev–Trinajstić information content (AvgIpc) is 2.36. The monoisotopic (exact) mass is 257 g/mol. The molecule has 0 radical (unpaired) electrons. The van der Waals surface area contributed by atoms with Crippen LogP contribution in [0.25, 0.3) is 0 Å².